The van der Waals surface area contributed by atoms with Crippen LogP contribution in [0.25, 0.3) is 0 Å². The molecule has 3 heteroatoms. The molecule has 1 atom stereocenters. The molecule has 0 amide bonds. The van der Waals surface area contributed by atoms with Gasteiger partial charge in [-0.25, -0.2) is 0 Å². The summed E-state index contributed by atoms with van der Waals surface area (Å²) in [5.74, 6) is 0. The van der Waals surface area contributed by atoms with Gasteiger partial charge in [-0.2, -0.15) is 5.10 Å². The van der Waals surface area contributed by atoms with Crippen LogP contribution in [0.2, 0.25) is 0 Å². The van der Waals surface area contributed by atoms with E-state index in [9.17, 15) is 0 Å². The first kappa shape index (κ1) is 14.2. The van der Waals surface area contributed by atoms with E-state index in [0.29, 0.717) is 6.04 Å². The molecule has 1 unspecified atom stereocenters. The van der Waals surface area contributed by atoms with Crippen molar-refractivity contribution in [1.29, 1.82) is 0 Å². The van der Waals surface area contributed by atoms with Gasteiger partial charge < -0.3 is 5.32 Å². The summed E-state index contributed by atoms with van der Waals surface area (Å²) in [6.45, 7) is 7.59. The number of nitrogens with zero attached hydrogens (tertiary/aromatic N) is 2. The third-order valence-electron chi connectivity index (χ3n) is 3.47. The van der Waals surface area contributed by atoms with Crippen molar-refractivity contribution in [2.45, 2.75) is 65.5 Å². The van der Waals surface area contributed by atoms with Crippen LogP contribution in [0, 0.1) is 6.92 Å². The third-order valence-corrected chi connectivity index (χ3v) is 3.47. The second-order valence-electron chi connectivity index (χ2n) is 5.01. The van der Waals surface area contributed by atoms with Gasteiger partial charge in [-0.3, -0.25) is 4.68 Å². The number of rotatable bonds is 8. The number of aryl methyl sites for hydroxylation is 1. The maximum Gasteiger partial charge on any atom is 0.0537 e. The zero-order chi connectivity index (χ0) is 12.7. The highest BCUT2D eigenvalue weighted by Crippen LogP contribution is 2.08. The summed E-state index contributed by atoms with van der Waals surface area (Å²) in [6.07, 6.45) is 8.64. The molecule has 1 heterocycles. The fraction of sp³-hybridized carbons (Fsp3) is 0.786. The predicted octanol–water partition coefficient (Wildman–Crippen LogP) is 3.18. The van der Waals surface area contributed by atoms with Gasteiger partial charge in [-0.15, -0.1) is 0 Å². The van der Waals surface area contributed by atoms with Crippen LogP contribution in [-0.2, 0) is 13.6 Å². The summed E-state index contributed by atoms with van der Waals surface area (Å²) in [4.78, 5) is 0. The highest BCUT2D eigenvalue weighted by atomic mass is 15.3. The lowest BCUT2D eigenvalue weighted by molar-refractivity contribution is 0.482. The zero-order valence-corrected chi connectivity index (χ0v) is 11.8. The summed E-state index contributed by atoms with van der Waals surface area (Å²) < 4.78 is 1.93. The molecule has 0 bridgehead atoms. The van der Waals surface area contributed by atoms with Crippen LogP contribution in [0.5, 0.6) is 0 Å². The van der Waals surface area contributed by atoms with Gasteiger partial charge in [0.05, 0.1) is 6.20 Å². The largest absolute Gasteiger partial charge is 0.310 e. The molecule has 1 N–H and O–H groups in total. The molecule has 1 aromatic heterocycles. The first-order chi connectivity index (χ1) is 8.15. The Labute approximate surface area is 106 Å². The summed E-state index contributed by atoms with van der Waals surface area (Å²) >= 11 is 0. The van der Waals surface area contributed by atoms with Crippen LogP contribution in [0.3, 0.4) is 0 Å². The van der Waals surface area contributed by atoms with E-state index in [-0.39, 0.29) is 0 Å². The average Bonchev–Trinajstić information content (AvgIpc) is 2.63. The molecule has 3 nitrogen and oxygen atoms in total. The molecule has 0 saturated heterocycles. The molecule has 0 spiro atoms. The van der Waals surface area contributed by atoms with Gasteiger partial charge in [-0.05, 0) is 20.3 Å². The van der Waals surface area contributed by atoms with Gasteiger partial charge in [0.25, 0.3) is 0 Å². The molecule has 17 heavy (non-hydrogen) atoms. The van der Waals surface area contributed by atoms with Crippen molar-refractivity contribution >= 4 is 0 Å². The van der Waals surface area contributed by atoms with Crippen LogP contribution in [0.4, 0.5) is 0 Å². The summed E-state index contributed by atoms with van der Waals surface area (Å²) in [6, 6.07) is 0.603. The summed E-state index contributed by atoms with van der Waals surface area (Å²) in [5, 5.41) is 7.83. The van der Waals surface area contributed by atoms with Crippen LogP contribution < -0.4 is 5.32 Å². The van der Waals surface area contributed by atoms with Crippen molar-refractivity contribution in [1.82, 2.24) is 15.1 Å². The summed E-state index contributed by atoms with van der Waals surface area (Å²) in [7, 11) is 1.99. The fourth-order valence-electron chi connectivity index (χ4n) is 1.98. The molecule has 0 aliphatic heterocycles. The minimum Gasteiger partial charge on any atom is -0.310 e. The Morgan fingerprint density at radius 2 is 2.12 bits per heavy atom. The lowest BCUT2D eigenvalue weighted by Gasteiger charge is -2.13. The molecule has 0 fully saturated rings. The van der Waals surface area contributed by atoms with Gasteiger partial charge in [0, 0.05) is 30.9 Å². The Bertz CT molecular complexity index is 317. The molecule has 0 radical (unpaired) electrons. The van der Waals surface area contributed by atoms with Crippen molar-refractivity contribution in [3.8, 4) is 0 Å². The van der Waals surface area contributed by atoms with Crippen molar-refractivity contribution in [2.24, 2.45) is 7.05 Å². The highest BCUT2D eigenvalue weighted by Gasteiger charge is 2.05. The molecule has 1 aromatic rings. The van der Waals surface area contributed by atoms with E-state index in [1.807, 2.05) is 17.9 Å². The Morgan fingerprint density at radius 1 is 1.35 bits per heavy atom. The highest BCUT2D eigenvalue weighted by molar-refractivity contribution is 5.15. The molecule has 0 aliphatic rings. The van der Waals surface area contributed by atoms with Gasteiger partial charge in [0.1, 0.15) is 0 Å². The average molecular weight is 237 g/mol. The monoisotopic (exact) mass is 237 g/mol. The number of aromatic nitrogens is 2. The fourth-order valence-corrected chi connectivity index (χ4v) is 1.98. The lowest BCUT2D eigenvalue weighted by Crippen LogP contribution is -2.25. The van der Waals surface area contributed by atoms with Crippen LogP contribution >= 0.6 is 0 Å². The topological polar surface area (TPSA) is 29.9 Å². The van der Waals surface area contributed by atoms with Crippen LogP contribution in [-0.4, -0.2) is 15.8 Å². The van der Waals surface area contributed by atoms with Gasteiger partial charge in [0.15, 0.2) is 0 Å². The van der Waals surface area contributed by atoms with E-state index in [1.54, 1.807) is 0 Å². The molecule has 0 aliphatic carbocycles. The standard InChI is InChI=1S/C14H27N3/c1-5-6-7-8-9-12(2)15-10-14-11-16-17(4)13(14)3/h11-12,15H,5-10H2,1-4H3. The normalized spacial score (nSPS) is 12.9. The Morgan fingerprint density at radius 3 is 2.71 bits per heavy atom. The van der Waals surface area contributed by atoms with Crippen LogP contribution in [0.1, 0.15) is 57.2 Å². The van der Waals surface area contributed by atoms with Gasteiger partial charge in [-0.1, -0.05) is 32.6 Å². The smallest absolute Gasteiger partial charge is 0.0537 e. The molecule has 1 rings (SSSR count). The second kappa shape index (κ2) is 7.49. The van der Waals surface area contributed by atoms with Crippen molar-refractivity contribution in [2.75, 3.05) is 0 Å². The lowest BCUT2D eigenvalue weighted by atomic mass is 10.1. The minimum absolute atomic E-state index is 0.603. The number of nitrogens with one attached hydrogen (secondary N) is 1. The van der Waals surface area contributed by atoms with E-state index >= 15 is 0 Å². The maximum atomic E-state index is 4.26. The van der Waals surface area contributed by atoms with E-state index in [4.69, 9.17) is 0 Å². The Balaban J connectivity index is 2.19. The number of unbranched alkanes of at least 4 members (excludes halogenated alkanes) is 3. The first-order valence-corrected chi connectivity index (χ1v) is 6.86. The Hall–Kier alpha value is -0.830. The third kappa shape index (κ3) is 4.90. The number of hydrogen-bond donors (Lipinski definition) is 1. The van der Waals surface area contributed by atoms with Gasteiger partial charge in [0.2, 0.25) is 0 Å². The van der Waals surface area contributed by atoms with Crippen molar-refractivity contribution in [3.63, 3.8) is 0 Å². The first-order valence-electron chi connectivity index (χ1n) is 6.86. The van der Waals surface area contributed by atoms with Crippen molar-refractivity contribution < 1.29 is 0 Å². The molecular formula is C14H27N3. The van der Waals surface area contributed by atoms with E-state index in [0.717, 1.165) is 6.54 Å². The zero-order valence-electron chi connectivity index (χ0n) is 11.8. The number of hydrogen-bond acceptors (Lipinski definition) is 2. The van der Waals surface area contributed by atoms with Crippen LogP contribution in [0.15, 0.2) is 6.20 Å². The van der Waals surface area contributed by atoms with E-state index < -0.39 is 0 Å². The molecule has 0 aromatic carbocycles. The predicted molar refractivity (Wildman–Crippen MR) is 73.0 cm³/mol. The van der Waals surface area contributed by atoms with E-state index in [1.165, 1.54) is 43.4 Å². The quantitative estimate of drug-likeness (QED) is 0.704. The summed E-state index contributed by atoms with van der Waals surface area (Å²) in [5.41, 5.74) is 2.57. The molecular weight excluding hydrogens is 210 g/mol. The van der Waals surface area contributed by atoms with Gasteiger partial charge >= 0.3 is 0 Å². The van der Waals surface area contributed by atoms with E-state index in [2.05, 4.69) is 31.2 Å². The molecule has 98 valence electrons. The minimum atomic E-state index is 0.603. The SMILES string of the molecule is CCCCCCC(C)NCc1cnn(C)c1C. The second-order valence-corrected chi connectivity index (χ2v) is 5.01. The Kier molecular flexibility index (Phi) is 6.27. The maximum absolute atomic E-state index is 4.26. The molecule has 0 saturated carbocycles. The van der Waals surface area contributed by atoms with Crippen molar-refractivity contribution in [3.05, 3.63) is 17.5 Å².